The molecule has 1 aromatic rings. The molecule has 0 amide bonds. The molecule has 0 heterocycles. The van der Waals surface area contributed by atoms with Crippen molar-refractivity contribution in [1.82, 2.24) is 0 Å². The normalized spacial score (nSPS) is 10.4. The molecule has 86 valence electrons. The molecule has 1 aromatic carbocycles. The molecule has 0 unspecified atom stereocenters. The standard InChI is InChI=1S/C10H7N3O4/c11-5-7(10(14)15)6-12-8-1-3-9(4-2-8)13(16)17/h1-4,6,12H,(H,14,15). The maximum absolute atomic E-state index is 10.5. The fourth-order valence-electron chi connectivity index (χ4n) is 0.977. The fourth-order valence-corrected chi connectivity index (χ4v) is 0.977. The van der Waals surface area contributed by atoms with Gasteiger partial charge in [0.2, 0.25) is 0 Å². The summed E-state index contributed by atoms with van der Waals surface area (Å²) in [6.45, 7) is 0. The van der Waals surface area contributed by atoms with Gasteiger partial charge in [-0.05, 0) is 12.1 Å². The summed E-state index contributed by atoms with van der Waals surface area (Å²) in [5.74, 6) is -1.35. The average molecular weight is 233 g/mol. The molecular weight excluding hydrogens is 226 g/mol. The molecule has 0 atom stereocenters. The number of nitrogens with one attached hydrogen (secondary N) is 1. The van der Waals surface area contributed by atoms with Crippen LogP contribution in [0.4, 0.5) is 11.4 Å². The van der Waals surface area contributed by atoms with E-state index in [2.05, 4.69) is 5.32 Å². The van der Waals surface area contributed by atoms with E-state index in [0.717, 1.165) is 6.20 Å². The minimum absolute atomic E-state index is 0.0710. The highest BCUT2D eigenvalue weighted by Gasteiger charge is 2.06. The fraction of sp³-hybridized carbons (Fsp3) is 0. The van der Waals surface area contributed by atoms with Gasteiger partial charge in [-0.1, -0.05) is 0 Å². The van der Waals surface area contributed by atoms with E-state index in [9.17, 15) is 14.9 Å². The quantitative estimate of drug-likeness (QED) is 0.352. The Morgan fingerprint density at radius 3 is 2.47 bits per heavy atom. The second-order valence-corrected chi connectivity index (χ2v) is 2.92. The van der Waals surface area contributed by atoms with E-state index in [4.69, 9.17) is 10.4 Å². The Morgan fingerprint density at radius 1 is 1.47 bits per heavy atom. The van der Waals surface area contributed by atoms with Crippen LogP contribution in [0, 0.1) is 21.4 Å². The van der Waals surface area contributed by atoms with Crippen LogP contribution in [0.2, 0.25) is 0 Å². The first-order chi connectivity index (χ1) is 8.04. The Hall–Kier alpha value is -2.88. The number of nitriles is 1. The van der Waals surface area contributed by atoms with Crippen LogP contribution in [-0.2, 0) is 4.79 Å². The lowest BCUT2D eigenvalue weighted by Crippen LogP contribution is -2.01. The summed E-state index contributed by atoms with van der Waals surface area (Å²) >= 11 is 0. The Kier molecular flexibility index (Phi) is 3.78. The van der Waals surface area contributed by atoms with Crippen molar-refractivity contribution in [3.63, 3.8) is 0 Å². The van der Waals surface area contributed by atoms with Crippen LogP contribution in [0.15, 0.2) is 36.0 Å². The van der Waals surface area contributed by atoms with Gasteiger partial charge in [0.25, 0.3) is 5.69 Å². The molecule has 1 rings (SSSR count). The highest BCUT2D eigenvalue weighted by atomic mass is 16.6. The summed E-state index contributed by atoms with van der Waals surface area (Å²) in [6, 6.07) is 6.84. The molecule has 0 bridgehead atoms. The number of carbonyl (C=O) groups is 1. The predicted octanol–water partition coefficient (Wildman–Crippen LogP) is 1.50. The van der Waals surface area contributed by atoms with Gasteiger partial charge in [0.15, 0.2) is 5.57 Å². The second kappa shape index (κ2) is 5.27. The van der Waals surface area contributed by atoms with Crippen LogP contribution in [0.5, 0.6) is 0 Å². The Labute approximate surface area is 95.8 Å². The SMILES string of the molecule is N#CC(=CNc1ccc([N+](=O)[O-])cc1)C(=O)O. The van der Waals surface area contributed by atoms with Crippen LogP contribution in [0.3, 0.4) is 0 Å². The van der Waals surface area contributed by atoms with Gasteiger partial charge in [0.05, 0.1) is 4.92 Å². The van der Waals surface area contributed by atoms with E-state index in [0.29, 0.717) is 5.69 Å². The molecular formula is C10H7N3O4. The first kappa shape index (κ1) is 12.2. The summed E-state index contributed by atoms with van der Waals surface area (Å²) < 4.78 is 0. The summed E-state index contributed by atoms with van der Waals surface area (Å²) in [7, 11) is 0. The third-order valence-electron chi connectivity index (χ3n) is 1.81. The molecule has 0 aromatic heterocycles. The van der Waals surface area contributed by atoms with Gasteiger partial charge in [0.1, 0.15) is 6.07 Å². The summed E-state index contributed by atoms with van der Waals surface area (Å²) in [6.07, 6.45) is 1.02. The van der Waals surface area contributed by atoms with Crippen molar-refractivity contribution < 1.29 is 14.8 Å². The molecule has 7 nitrogen and oxygen atoms in total. The molecule has 0 aliphatic carbocycles. The van der Waals surface area contributed by atoms with E-state index in [-0.39, 0.29) is 5.69 Å². The maximum atomic E-state index is 10.5. The third kappa shape index (κ3) is 3.32. The van der Waals surface area contributed by atoms with Crippen LogP contribution in [0.1, 0.15) is 0 Å². The zero-order chi connectivity index (χ0) is 12.8. The van der Waals surface area contributed by atoms with Crippen molar-refractivity contribution in [3.05, 3.63) is 46.2 Å². The van der Waals surface area contributed by atoms with Gasteiger partial charge in [0, 0.05) is 24.0 Å². The lowest BCUT2D eigenvalue weighted by molar-refractivity contribution is -0.384. The number of rotatable bonds is 4. The number of carboxylic acid groups (broad SMARTS) is 1. The van der Waals surface area contributed by atoms with Gasteiger partial charge in [-0.25, -0.2) is 4.79 Å². The monoisotopic (exact) mass is 233 g/mol. The molecule has 0 saturated carbocycles. The first-order valence-corrected chi connectivity index (χ1v) is 4.39. The Morgan fingerprint density at radius 2 is 2.06 bits per heavy atom. The van der Waals surface area contributed by atoms with Crippen molar-refractivity contribution in [2.24, 2.45) is 0 Å². The largest absolute Gasteiger partial charge is 0.477 e. The summed E-state index contributed by atoms with van der Waals surface area (Å²) in [5, 5.41) is 29.9. The van der Waals surface area contributed by atoms with Gasteiger partial charge in [-0.2, -0.15) is 5.26 Å². The van der Waals surface area contributed by atoms with Crippen LogP contribution < -0.4 is 5.32 Å². The molecule has 7 heteroatoms. The molecule has 2 N–H and O–H groups in total. The van der Waals surface area contributed by atoms with Crippen LogP contribution in [-0.4, -0.2) is 16.0 Å². The molecule has 17 heavy (non-hydrogen) atoms. The Bertz CT molecular complexity index is 513. The average Bonchev–Trinajstić information content (AvgIpc) is 2.30. The molecule has 0 aliphatic rings. The van der Waals surface area contributed by atoms with Crippen molar-refractivity contribution in [1.29, 1.82) is 5.26 Å². The lowest BCUT2D eigenvalue weighted by atomic mass is 10.3. The van der Waals surface area contributed by atoms with E-state index in [1.54, 1.807) is 0 Å². The number of nitro benzene ring substituents is 1. The van der Waals surface area contributed by atoms with Crippen molar-refractivity contribution >= 4 is 17.3 Å². The van der Waals surface area contributed by atoms with Gasteiger partial charge >= 0.3 is 5.97 Å². The number of benzene rings is 1. The predicted molar refractivity (Wildman–Crippen MR) is 58.1 cm³/mol. The molecule has 0 spiro atoms. The van der Waals surface area contributed by atoms with E-state index in [1.165, 1.54) is 30.3 Å². The number of hydrogen-bond acceptors (Lipinski definition) is 5. The van der Waals surface area contributed by atoms with Crippen LogP contribution in [0.25, 0.3) is 0 Å². The number of anilines is 1. The molecule has 0 saturated heterocycles. The number of carboxylic acids is 1. The minimum Gasteiger partial charge on any atom is -0.477 e. The first-order valence-electron chi connectivity index (χ1n) is 4.39. The minimum atomic E-state index is -1.35. The van der Waals surface area contributed by atoms with Gasteiger partial charge in [-0.15, -0.1) is 0 Å². The topological polar surface area (TPSA) is 116 Å². The van der Waals surface area contributed by atoms with Crippen molar-refractivity contribution in [3.8, 4) is 6.07 Å². The zero-order valence-electron chi connectivity index (χ0n) is 8.45. The van der Waals surface area contributed by atoms with Crippen LogP contribution >= 0.6 is 0 Å². The Balaban J connectivity index is 2.80. The molecule has 0 fully saturated rings. The number of hydrogen-bond donors (Lipinski definition) is 2. The van der Waals surface area contributed by atoms with Gasteiger partial charge < -0.3 is 10.4 Å². The zero-order valence-corrected chi connectivity index (χ0v) is 8.45. The number of nitro groups is 1. The van der Waals surface area contributed by atoms with Gasteiger partial charge in [-0.3, -0.25) is 10.1 Å². The highest BCUT2D eigenvalue weighted by Crippen LogP contribution is 2.15. The van der Waals surface area contributed by atoms with Crippen molar-refractivity contribution in [2.45, 2.75) is 0 Å². The molecule has 0 radical (unpaired) electrons. The van der Waals surface area contributed by atoms with Crippen molar-refractivity contribution in [2.75, 3.05) is 5.32 Å². The number of aliphatic carboxylic acids is 1. The summed E-state index contributed by atoms with van der Waals surface area (Å²) in [4.78, 5) is 20.3. The summed E-state index contributed by atoms with van der Waals surface area (Å²) in [5.41, 5.74) is -0.0776. The van der Waals surface area contributed by atoms with E-state index < -0.39 is 16.5 Å². The van der Waals surface area contributed by atoms with E-state index in [1.807, 2.05) is 0 Å². The second-order valence-electron chi connectivity index (χ2n) is 2.92. The smallest absolute Gasteiger partial charge is 0.347 e. The maximum Gasteiger partial charge on any atom is 0.347 e. The third-order valence-corrected chi connectivity index (χ3v) is 1.81. The number of non-ortho nitro benzene ring substituents is 1. The number of nitrogens with zero attached hydrogens (tertiary/aromatic N) is 2. The van der Waals surface area contributed by atoms with E-state index >= 15 is 0 Å². The lowest BCUT2D eigenvalue weighted by Gasteiger charge is -1.99. The molecule has 0 aliphatic heterocycles. The highest BCUT2D eigenvalue weighted by molar-refractivity contribution is 5.91.